The third-order valence-corrected chi connectivity index (χ3v) is 4.89. The normalized spacial score (nSPS) is 16.1. The summed E-state index contributed by atoms with van der Waals surface area (Å²) in [4.78, 5) is 17.2. The zero-order chi connectivity index (χ0) is 17.9. The van der Waals surface area contributed by atoms with Crippen molar-refractivity contribution in [2.24, 2.45) is 0 Å². The summed E-state index contributed by atoms with van der Waals surface area (Å²) in [5, 5.41) is 0. The molecule has 0 radical (unpaired) electrons. The number of ether oxygens (including phenoxy) is 1. The Kier molecular flexibility index (Phi) is 4.57. The largest absolute Gasteiger partial charge is 0.489 e. The van der Waals surface area contributed by atoms with E-state index in [1.165, 1.54) is 0 Å². The monoisotopic (exact) mass is 346 g/mol. The van der Waals surface area contributed by atoms with Gasteiger partial charge in [-0.2, -0.15) is 0 Å². The summed E-state index contributed by atoms with van der Waals surface area (Å²) in [6.45, 7) is 2.63. The number of hydrogen-bond donors (Lipinski definition) is 0. The van der Waals surface area contributed by atoms with Gasteiger partial charge >= 0.3 is 0 Å². The number of nitrogens with zero attached hydrogens (tertiary/aromatic N) is 2. The van der Waals surface area contributed by atoms with Gasteiger partial charge in [0.05, 0.1) is 5.69 Å². The van der Waals surface area contributed by atoms with Gasteiger partial charge in [0.1, 0.15) is 18.2 Å². The van der Waals surface area contributed by atoms with Crippen molar-refractivity contribution >= 4 is 0 Å². The molecule has 3 aromatic rings. The smallest absolute Gasteiger partial charge is 0.254 e. The van der Waals surface area contributed by atoms with Crippen LogP contribution in [0.2, 0.25) is 0 Å². The molecule has 4 heteroatoms. The second-order valence-electron chi connectivity index (χ2n) is 6.81. The van der Waals surface area contributed by atoms with Gasteiger partial charge in [0.25, 0.3) is 5.56 Å². The molecular formula is C22H22N2O2. The lowest BCUT2D eigenvalue weighted by molar-refractivity contribution is 0.306. The maximum atomic E-state index is 12.5. The first-order valence-corrected chi connectivity index (χ1v) is 9.10. The van der Waals surface area contributed by atoms with E-state index in [1.54, 1.807) is 6.07 Å². The zero-order valence-electron chi connectivity index (χ0n) is 14.9. The van der Waals surface area contributed by atoms with Crippen LogP contribution in [0.25, 0.3) is 11.3 Å². The molecule has 4 nitrogen and oxygen atoms in total. The van der Waals surface area contributed by atoms with E-state index < -0.39 is 0 Å². The van der Waals surface area contributed by atoms with E-state index in [9.17, 15) is 4.79 Å². The Bertz CT molecular complexity index is 946. The summed E-state index contributed by atoms with van der Waals surface area (Å²) in [6, 6.07) is 19.8. The number of rotatable bonds is 4. The van der Waals surface area contributed by atoms with Gasteiger partial charge in [-0.05, 0) is 49.6 Å². The average Bonchev–Trinajstić information content (AvgIpc) is 2.67. The van der Waals surface area contributed by atoms with Crippen molar-refractivity contribution in [3.05, 3.63) is 82.4 Å². The molecule has 0 amide bonds. The third-order valence-electron chi connectivity index (χ3n) is 4.89. The van der Waals surface area contributed by atoms with E-state index in [0.717, 1.165) is 47.7 Å². The number of benzene rings is 2. The summed E-state index contributed by atoms with van der Waals surface area (Å²) in [7, 11) is 0. The molecule has 1 aromatic heterocycles. The standard InChI is InChI=1S/C22H22N2O2/c1-16-6-5-9-21-23-20(14-22(25)24(16)21)18-10-12-19(13-11-18)26-15-17-7-3-2-4-8-17/h2-4,7-8,10-14,16H,5-6,9,15H2,1H3. The van der Waals surface area contributed by atoms with Crippen molar-refractivity contribution in [3.63, 3.8) is 0 Å². The lowest BCUT2D eigenvalue weighted by Crippen LogP contribution is -2.30. The van der Waals surface area contributed by atoms with Crippen molar-refractivity contribution < 1.29 is 4.74 Å². The highest BCUT2D eigenvalue weighted by Crippen LogP contribution is 2.25. The van der Waals surface area contributed by atoms with Gasteiger partial charge < -0.3 is 4.74 Å². The molecule has 0 spiro atoms. The van der Waals surface area contributed by atoms with Gasteiger partial charge in [0, 0.05) is 24.1 Å². The average molecular weight is 346 g/mol. The first-order chi connectivity index (χ1) is 12.7. The molecule has 1 atom stereocenters. The SMILES string of the molecule is CC1CCCc2nc(-c3ccc(OCc4ccccc4)cc3)cc(=O)n21. The molecule has 0 saturated heterocycles. The molecule has 0 N–H and O–H groups in total. The molecule has 0 saturated carbocycles. The van der Waals surface area contributed by atoms with Crippen LogP contribution < -0.4 is 10.3 Å². The van der Waals surface area contributed by atoms with Crippen molar-refractivity contribution in [3.8, 4) is 17.0 Å². The minimum Gasteiger partial charge on any atom is -0.489 e. The first-order valence-electron chi connectivity index (χ1n) is 9.10. The van der Waals surface area contributed by atoms with Crippen LogP contribution in [0.4, 0.5) is 0 Å². The van der Waals surface area contributed by atoms with Crippen LogP contribution in [-0.2, 0) is 13.0 Å². The zero-order valence-corrected chi connectivity index (χ0v) is 14.9. The van der Waals surface area contributed by atoms with Gasteiger partial charge in [0.2, 0.25) is 0 Å². The number of aryl methyl sites for hydroxylation is 1. The van der Waals surface area contributed by atoms with Crippen LogP contribution in [0.15, 0.2) is 65.5 Å². The van der Waals surface area contributed by atoms with Crippen molar-refractivity contribution in [1.82, 2.24) is 9.55 Å². The lowest BCUT2D eigenvalue weighted by Gasteiger charge is -2.24. The molecular weight excluding hydrogens is 324 g/mol. The second-order valence-corrected chi connectivity index (χ2v) is 6.81. The van der Waals surface area contributed by atoms with Crippen molar-refractivity contribution in [1.29, 1.82) is 0 Å². The highest BCUT2D eigenvalue weighted by atomic mass is 16.5. The number of aromatic nitrogens is 2. The van der Waals surface area contributed by atoms with Crippen LogP contribution in [0.3, 0.4) is 0 Å². The van der Waals surface area contributed by atoms with E-state index in [4.69, 9.17) is 9.72 Å². The van der Waals surface area contributed by atoms with Gasteiger partial charge in [-0.25, -0.2) is 4.98 Å². The summed E-state index contributed by atoms with van der Waals surface area (Å²) in [5.74, 6) is 1.71. The fraction of sp³-hybridized carbons (Fsp3) is 0.273. The van der Waals surface area contributed by atoms with E-state index >= 15 is 0 Å². The van der Waals surface area contributed by atoms with Gasteiger partial charge in [-0.3, -0.25) is 9.36 Å². The highest BCUT2D eigenvalue weighted by Gasteiger charge is 2.19. The Labute approximate surface area is 153 Å². The summed E-state index contributed by atoms with van der Waals surface area (Å²) < 4.78 is 7.66. The third kappa shape index (κ3) is 3.40. The van der Waals surface area contributed by atoms with Gasteiger partial charge in [-0.15, -0.1) is 0 Å². The maximum absolute atomic E-state index is 12.5. The molecule has 2 aromatic carbocycles. The Morgan fingerprint density at radius 3 is 2.65 bits per heavy atom. The van der Waals surface area contributed by atoms with Crippen LogP contribution in [0.1, 0.15) is 37.2 Å². The van der Waals surface area contributed by atoms with Crippen LogP contribution in [-0.4, -0.2) is 9.55 Å². The number of hydrogen-bond acceptors (Lipinski definition) is 3. The minimum absolute atomic E-state index is 0.0432. The maximum Gasteiger partial charge on any atom is 0.254 e. The minimum atomic E-state index is 0.0432. The fourth-order valence-electron chi connectivity index (χ4n) is 3.48. The van der Waals surface area contributed by atoms with Crippen LogP contribution >= 0.6 is 0 Å². The Balaban J connectivity index is 1.54. The summed E-state index contributed by atoms with van der Waals surface area (Å²) in [5.41, 5.74) is 2.86. The van der Waals surface area contributed by atoms with E-state index in [0.29, 0.717) is 6.61 Å². The van der Waals surface area contributed by atoms with E-state index in [-0.39, 0.29) is 11.6 Å². The van der Waals surface area contributed by atoms with Gasteiger partial charge in [-0.1, -0.05) is 30.3 Å². The lowest BCUT2D eigenvalue weighted by atomic mass is 10.0. The van der Waals surface area contributed by atoms with Crippen LogP contribution in [0.5, 0.6) is 5.75 Å². The van der Waals surface area contributed by atoms with Crippen molar-refractivity contribution in [2.75, 3.05) is 0 Å². The molecule has 2 heterocycles. The quantitative estimate of drug-likeness (QED) is 0.704. The molecule has 0 bridgehead atoms. The summed E-state index contributed by atoms with van der Waals surface area (Å²) in [6.07, 6.45) is 3.00. The van der Waals surface area contributed by atoms with Crippen LogP contribution in [0, 0.1) is 0 Å². The first kappa shape index (κ1) is 16.6. The Morgan fingerprint density at radius 1 is 1.12 bits per heavy atom. The van der Waals surface area contributed by atoms with Gasteiger partial charge in [0.15, 0.2) is 0 Å². The topological polar surface area (TPSA) is 44.1 Å². The summed E-state index contributed by atoms with van der Waals surface area (Å²) >= 11 is 0. The molecule has 1 unspecified atom stereocenters. The second kappa shape index (κ2) is 7.16. The predicted octanol–water partition coefficient (Wildman–Crippen LogP) is 4.39. The number of fused-ring (bicyclic) bond motifs is 1. The fourth-order valence-corrected chi connectivity index (χ4v) is 3.48. The molecule has 132 valence electrons. The molecule has 26 heavy (non-hydrogen) atoms. The molecule has 0 fully saturated rings. The van der Waals surface area contributed by atoms with E-state index in [1.807, 2.05) is 59.2 Å². The highest BCUT2D eigenvalue weighted by molar-refractivity contribution is 5.59. The van der Waals surface area contributed by atoms with E-state index in [2.05, 4.69) is 6.92 Å². The predicted molar refractivity (Wildman–Crippen MR) is 102 cm³/mol. The molecule has 1 aliphatic rings. The van der Waals surface area contributed by atoms with Crippen molar-refractivity contribution in [2.45, 2.75) is 38.8 Å². The molecule has 4 rings (SSSR count). The Morgan fingerprint density at radius 2 is 1.88 bits per heavy atom. The molecule has 0 aliphatic carbocycles. The molecule has 1 aliphatic heterocycles. The Hall–Kier alpha value is -2.88.